The SMILES string of the molecule is O=C(NC1CCCCC1)C(=O)[C@@H]1CCCN1C(=O)/C=C/c1ccccc1. The first-order valence-corrected chi connectivity index (χ1v) is 9.53. The summed E-state index contributed by atoms with van der Waals surface area (Å²) in [5.74, 6) is -1.22. The number of hydrogen-bond acceptors (Lipinski definition) is 3. The summed E-state index contributed by atoms with van der Waals surface area (Å²) >= 11 is 0. The van der Waals surface area contributed by atoms with E-state index in [1.807, 2.05) is 30.3 Å². The Bertz CT molecular complexity index is 678. The molecule has 1 heterocycles. The van der Waals surface area contributed by atoms with E-state index in [1.165, 1.54) is 17.4 Å². The summed E-state index contributed by atoms with van der Waals surface area (Å²) in [5, 5.41) is 2.87. The number of carbonyl (C=O) groups excluding carboxylic acids is 3. The summed E-state index contributed by atoms with van der Waals surface area (Å²) in [5.41, 5.74) is 0.929. The van der Waals surface area contributed by atoms with Crippen LogP contribution < -0.4 is 5.32 Å². The normalized spacial score (nSPS) is 21.1. The van der Waals surface area contributed by atoms with Gasteiger partial charge in [-0.3, -0.25) is 14.4 Å². The predicted molar refractivity (Wildman–Crippen MR) is 100 cm³/mol. The smallest absolute Gasteiger partial charge is 0.289 e. The molecule has 1 saturated heterocycles. The third kappa shape index (κ3) is 4.59. The number of nitrogens with one attached hydrogen (secondary N) is 1. The molecule has 1 aromatic carbocycles. The Labute approximate surface area is 154 Å². The van der Waals surface area contributed by atoms with Crippen molar-refractivity contribution < 1.29 is 14.4 Å². The molecule has 5 heteroatoms. The summed E-state index contributed by atoms with van der Waals surface area (Å²) in [6.45, 7) is 0.519. The molecule has 1 aliphatic carbocycles. The van der Waals surface area contributed by atoms with Crippen LogP contribution in [0, 0.1) is 0 Å². The zero-order valence-corrected chi connectivity index (χ0v) is 15.0. The van der Waals surface area contributed by atoms with E-state index in [9.17, 15) is 14.4 Å². The van der Waals surface area contributed by atoms with Gasteiger partial charge in [0.1, 0.15) is 6.04 Å². The van der Waals surface area contributed by atoms with Gasteiger partial charge in [0.15, 0.2) is 0 Å². The minimum Gasteiger partial charge on any atom is -0.347 e. The van der Waals surface area contributed by atoms with Gasteiger partial charge >= 0.3 is 0 Å². The number of hydrogen-bond donors (Lipinski definition) is 1. The molecule has 0 spiro atoms. The lowest BCUT2D eigenvalue weighted by Crippen LogP contribution is -2.49. The number of nitrogens with zero attached hydrogens (tertiary/aromatic N) is 1. The molecule has 26 heavy (non-hydrogen) atoms. The van der Waals surface area contributed by atoms with E-state index in [4.69, 9.17) is 0 Å². The number of Topliss-reactive ketones (excluding diaryl/α,β-unsaturated/α-hetero) is 1. The summed E-state index contributed by atoms with van der Waals surface area (Å²) in [6.07, 6.45) is 9.79. The first-order chi connectivity index (χ1) is 12.6. The van der Waals surface area contributed by atoms with E-state index in [1.54, 1.807) is 6.08 Å². The molecule has 1 aromatic rings. The molecule has 2 amide bonds. The monoisotopic (exact) mass is 354 g/mol. The van der Waals surface area contributed by atoms with Gasteiger partial charge in [-0.15, -0.1) is 0 Å². The molecule has 1 aliphatic heterocycles. The second kappa shape index (κ2) is 8.79. The van der Waals surface area contributed by atoms with Crippen LogP contribution in [0.4, 0.5) is 0 Å². The maximum atomic E-state index is 12.6. The number of rotatable bonds is 5. The zero-order chi connectivity index (χ0) is 18.4. The van der Waals surface area contributed by atoms with Crippen LogP contribution in [0.5, 0.6) is 0 Å². The second-order valence-corrected chi connectivity index (χ2v) is 7.11. The minimum atomic E-state index is -0.633. The van der Waals surface area contributed by atoms with Gasteiger partial charge in [-0.1, -0.05) is 49.6 Å². The van der Waals surface area contributed by atoms with Gasteiger partial charge in [0, 0.05) is 18.7 Å². The van der Waals surface area contributed by atoms with Gasteiger partial charge in [0.05, 0.1) is 0 Å². The quantitative estimate of drug-likeness (QED) is 0.653. The van der Waals surface area contributed by atoms with Crippen LogP contribution in [0.3, 0.4) is 0 Å². The second-order valence-electron chi connectivity index (χ2n) is 7.11. The summed E-state index contributed by atoms with van der Waals surface area (Å²) in [7, 11) is 0. The third-order valence-corrected chi connectivity index (χ3v) is 5.22. The summed E-state index contributed by atoms with van der Waals surface area (Å²) in [4.78, 5) is 38.9. The van der Waals surface area contributed by atoms with E-state index in [0.29, 0.717) is 13.0 Å². The Morgan fingerprint density at radius 2 is 1.69 bits per heavy atom. The molecule has 5 nitrogen and oxygen atoms in total. The van der Waals surface area contributed by atoms with Crippen LogP contribution >= 0.6 is 0 Å². The molecule has 1 saturated carbocycles. The van der Waals surface area contributed by atoms with Crippen molar-refractivity contribution in [2.24, 2.45) is 0 Å². The molecule has 0 bridgehead atoms. The lowest BCUT2D eigenvalue weighted by molar-refractivity contribution is -0.143. The standard InChI is InChI=1S/C21H26N2O3/c24-19(14-13-16-8-3-1-4-9-16)23-15-7-12-18(23)20(25)21(26)22-17-10-5-2-6-11-17/h1,3-4,8-9,13-14,17-18H,2,5-7,10-12,15H2,(H,22,26)/b14-13+/t18-/m0/s1. The molecule has 2 fully saturated rings. The highest BCUT2D eigenvalue weighted by atomic mass is 16.2. The van der Waals surface area contributed by atoms with Crippen LogP contribution in [0.15, 0.2) is 36.4 Å². The van der Waals surface area contributed by atoms with Gasteiger partial charge in [-0.05, 0) is 37.3 Å². The Kier molecular flexibility index (Phi) is 6.21. The van der Waals surface area contributed by atoms with E-state index < -0.39 is 17.7 Å². The molecule has 2 aliphatic rings. The maximum Gasteiger partial charge on any atom is 0.289 e. The van der Waals surface area contributed by atoms with E-state index in [0.717, 1.165) is 37.7 Å². The van der Waals surface area contributed by atoms with Crippen molar-refractivity contribution in [1.82, 2.24) is 10.2 Å². The van der Waals surface area contributed by atoms with E-state index in [-0.39, 0.29) is 11.9 Å². The molecule has 0 aromatic heterocycles. The predicted octanol–water partition coefficient (Wildman–Crippen LogP) is 2.71. The zero-order valence-electron chi connectivity index (χ0n) is 15.0. The number of benzene rings is 1. The molecule has 3 rings (SSSR count). The van der Waals surface area contributed by atoms with Crippen molar-refractivity contribution in [2.75, 3.05) is 6.54 Å². The van der Waals surface area contributed by atoms with Crippen LogP contribution in [-0.4, -0.2) is 41.1 Å². The minimum absolute atomic E-state index is 0.101. The molecule has 1 N–H and O–H groups in total. The van der Waals surface area contributed by atoms with Gasteiger partial charge in [0.25, 0.3) is 5.91 Å². The molecule has 0 radical (unpaired) electrons. The summed E-state index contributed by atoms with van der Waals surface area (Å²) < 4.78 is 0. The number of carbonyl (C=O) groups is 3. The average Bonchev–Trinajstić information content (AvgIpc) is 3.17. The van der Waals surface area contributed by atoms with Gasteiger partial charge < -0.3 is 10.2 Å². The number of amides is 2. The molecule has 0 unspecified atom stereocenters. The van der Waals surface area contributed by atoms with Crippen molar-refractivity contribution in [3.8, 4) is 0 Å². The average molecular weight is 354 g/mol. The fourth-order valence-electron chi connectivity index (χ4n) is 3.79. The Morgan fingerprint density at radius 3 is 2.42 bits per heavy atom. The first-order valence-electron chi connectivity index (χ1n) is 9.53. The van der Waals surface area contributed by atoms with Crippen molar-refractivity contribution in [3.63, 3.8) is 0 Å². The topological polar surface area (TPSA) is 66.5 Å². The van der Waals surface area contributed by atoms with Crippen LogP contribution in [0.25, 0.3) is 6.08 Å². The van der Waals surface area contributed by atoms with E-state index >= 15 is 0 Å². The third-order valence-electron chi connectivity index (χ3n) is 5.22. The van der Waals surface area contributed by atoms with Crippen molar-refractivity contribution >= 4 is 23.7 Å². The Balaban J connectivity index is 1.59. The molecular weight excluding hydrogens is 328 g/mol. The fraction of sp³-hybridized carbons (Fsp3) is 0.476. The Hall–Kier alpha value is -2.43. The van der Waals surface area contributed by atoms with Crippen molar-refractivity contribution in [1.29, 1.82) is 0 Å². The highest BCUT2D eigenvalue weighted by Gasteiger charge is 2.37. The fourth-order valence-corrected chi connectivity index (χ4v) is 3.79. The van der Waals surface area contributed by atoms with Gasteiger partial charge in [-0.2, -0.15) is 0 Å². The Morgan fingerprint density at radius 1 is 0.962 bits per heavy atom. The molecular formula is C21H26N2O3. The lowest BCUT2D eigenvalue weighted by atomic mass is 9.95. The van der Waals surface area contributed by atoms with E-state index in [2.05, 4.69) is 5.32 Å². The van der Waals surface area contributed by atoms with Gasteiger partial charge in [0.2, 0.25) is 11.7 Å². The highest BCUT2D eigenvalue weighted by molar-refractivity contribution is 6.38. The lowest BCUT2D eigenvalue weighted by Gasteiger charge is -2.25. The van der Waals surface area contributed by atoms with Crippen molar-refractivity contribution in [3.05, 3.63) is 42.0 Å². The molecule has 138 valence electrons. The molecule has 1 atom stereocenters. The number of ketones is 1. The van der Waals surface area contributed by atoms with Gasteiger partial charge in [-0.25, -0.2) is 0 Å². The van der Waals surface area contributed by atoms with Crippen LogP contribution in [0.1, 0.15) is 50.5 Å². The number of likely N-dealkylation sites (tertiary alicyclic amines) is 1. The summed E-state index contributed by atoms with van der Waals surface area (Å²) in [6, 6.07) is 9.01. The van der Waals surface area contributed by atoms with Crippen LogP contribution in [-0.2, 0) is 14.4 Å². The van der Waals surface area contributed by atoms with Crippen molar-refractivity contribution in [2.45, 2.75) is 57.0 Å². The van der Waals surface area contributed by atoms with Crippen LogP contribution in [0.2, 0.25) is 0 Å². The largest absolute Gasteiger partial charge is 0.347 e. The first kappa shape index (κ1) is 18.4. The maximum absolute atomic E-state index is 12.6. The highest BCUT2D eigenvalue weighted by Crippen LogP contribution is 2.21.